The number of anilines is 1. The first-order valence-corrected chi connectivity index (χ1v) is 11.5. The molecule has 2 aromatic heterocycles. The smallest absolute Gasteiger partial charge is 0.243 e. The monoisotopic (exact) mass is 438 g/mol. The number of benzene rings is 2. The molecule has 1 aliphatic heterocycles. The number of rotatable bonds is 4. The van der Waals surface area contributed by atoms with Crippen molar-refractivity contribution in [3.8, 4) is 5.75 Å². The Morgan fingerprint density at radius 3 is 2.68 bits per heavy atom. The van der Waals surface area contributed by atoms with Crippen molar-refractivity contribution in [1.82, 2.24) is 23.9 Å². The zero-order valence-electron chi connectivity index (χ0n) is 17.0. The maximum absolute atomic E-state index is 13.1. The van der Waals surface area contributed by atoms with E-state index in [0.29, 0.717) is 40.7 Å². The molecule has 1 unspecified atom stereocenters. The van der Waals surface area contributed by atoms with Gasteiger partial charge in [0.2, 0.25) is 16.0 Å². The SMILES string of the molecule is COc1cccc2c1nc(N)n1nc(C3CCCN(S(=O)(=O)c4ccccc4)C3)nc21. The second-order valence-corrected chi connectivity index (χ2v) is 9.49. The number of fused-ring (bicyclic) bond motifs is 3. The van der Waals surface area contributed by atoms with E-state index < -0.39 is 10.0 Å². The molecule has 2 N–H and O–H groups in total. The van der Waals surface area contributed by atoms with Gasteiger partial charge in [0.05, 0.1) is 12.0 Å². The first kappa shape index (κ1) is 19.7. The molecule has 2 aromatic carbocycles. The molecule has 1 aliphatic rings. The van der Waals surface area contributed by atoms with Crippen LogP contribution < -0.4 is 10.5 Å². The van der Waals surface area contributed by atoms with Crippen molar-refractivity contribution < 1.29 is 13.2 Å². The summed E-state index contributed by atoms with van der Waals surface area (Å²) >= 11 is 0. The third kappa shape index (κ3) is 3.28. The quantitative estimate of drug-likeness (QED) is 0.520. The number of hydrogen-bond donors (Lipinski definition) is 1. The second kappa shape index (κ2) is 7.47. The van der Waals surface area contributed by atoms with Crippen LogP contribution in [0.1, 0.15) is 24.6 Å². The Labute approximate surface area is 179 Å². The van der Waals surface area contributed by atoms with Crippen molar-refractivity contribution in [2.75, 3.05) is 25.9 Å². The summed E-state index contributed by atoms with van der Waals surface area (Å²) in [7, 11) is -1.99. The molecule has 0 saturated carbocycles. The van der Waals surface area contributed by atoms with Crippen molar-refractivity contribution >= 4 is 32.5 Å². The molecule has 0 radical (unpaired) electrons. The first-order chi connectivity index (χ1) is 15.0. The number of para-hydroxylation sites is 1. The van der Waals surface area contributed by atoms with E-state index in [9.17, 15) is 8.42 Å². The van der Waals surface area contributed by atoms with E-state index >= 15 is 0 Å². The number of nitrogen functional groups attached to an aromatic ring is 1. The van der Waals surface area contributed by atoms with Crippen LogP contribution in [0.2, 0.25) is 0 Å². The molecule has 4 aromatic rings. The number of sulfonamides is 1. The average molecular weight is 439 g/mol. The van der Waals surface area contributed by atoms with Gasteiger partial charge in [-0.05, 0) is 37.1 Å². The normalized spacial score (nSPS) is 17.9. The van der Waals surface area contributed by atoms with Gasteiger partial charge in [-0.2, -0.15) is 8.82 Å². The molecular formula is C21H22N6O3S. The summed E-state index contributed by atoms with van der Waals surface area (Å²) in [5.41, 5.74) is 7.35. The molecule has 1 atom stereocenters. The van der Waals surface area contributed by atoms with E-state index in [1.807, 2.05) is 18.2 Å². The fraction of sp³-hybridized carbons (Fsp3) is 0.286. The molecule has 31 heavy (non-hydrogen) atoms. The van der Waals surface area contributed by atoms with Crippen molar-refractivity contribution in [1.29, 1.82) is 0 Å². The van der Waals surface area contributed by atoms with E-state index in [-0.39, 0.29) is 11.9 Å². The third-order valence-corrected chi connectivity index (χ3v) is 7.54. The van der Waals surface area contributed by atoms with E-state index in [2.05, 4.69) is 10.1 Å². The second-order valence-electron chi connectivity index (χ2n) is 7.55. The number of nitrogens with two attached hydrogens (primary N) is 1. The van der Waals surface area contributed by atoms with Gasteiger partial charge in [-0.15, -0.1) is 5.10 Å². The summed E-state index contributed by atoms with van der Waals surface area (Å²) in [6, 6.07) is 14.1. The van der Waals surface area contributed by atoms with Crippen LogP contribution >= 0.6 is 0 Å². The van der Waals surface area contributed by atoms with Gasteiger partial charge >= 0.3 is 0 Å². The lowest BCUT2D eigenvalue weighted by Gasteiger charge is -2.30. The molecule has 0 aliphatic carbocycles. The number of ether oxygens (including phenoxy) is 1. The number of hydrogen-bond acceptors (Lipinski definition) is 7. The Morgan fingerprint density at radius 2 is 1.90 bits per heavy atom. The highest BCUT2D eigenvalue weighted by atomic mass is 32.2. The molecule has 0 spiro atoms. The largest absolute Gasteiger partial charge is 0.494 e. The molecule has 5 rings (SSSR count). The van der Waals surface area contributed by atoms with Crippen LogP contribution in [-0.4, -0.2) is 52.5 Å². The summed E-state index contributed by atoms with van der Waals surface area (Å²) in [6.45, 7) is 0.799. The Bertz CT molecular complexity index is 1370. The lowest BCUT2D eigenvalue weighted by molar-refractivity contribution is 0.309. The zero-order chi connectivity index (χ0) is 21.6. The van der Waals surface area contributed by atoms with E-state index in [1.165, 1.54) is 8.82 Å². The van der Waals surface area contributed by atoms with Crippen molar-refractivity contribution in [2.24, 2.45) is 0 Å². The van der Waals surface area contributed by atoms with Crippen LogP contribution in [0.15, 0.2) is 53.4 Å². The molecule has 160 valence electrons. The van der Waals surface area contributed by atoms with Gasteiger partial charge in [0.15, 0.2) is 11.5 Å². The van der Waals surface area contributed by atoms with Crippen molar-refractivity contribution in [3.05, 3.63) is 54.4 Å². The molecule has 1 saturated heterocycles. The van der Waals surface area contributed by atoms with Crippen LogP contribution in [0.4, 0.5) is 5.95 Å². The van der Waals surface area contributed by atoms with Crippen LogP contribution in [0, 0.1) is 0 Å². The van der Waals surface area contributed by atoms with Gasteiger partial charge < -0.3 is 10.5 Å². The first-order valence-electron chi connectivity index (χ1n) is 10.0. The number of nitrogens with zero attached hydrogens (tertiary/aromatic N) is 5. The summed E-state index contributed by atoms with van der Waals surface area (Å²) in [5, 5.41) is 5.36. The predicted molar refractivity (Wildman–Crippen MR) is 116 cm³/mol. The lowest BCUT2D eigenvalue weighted by Crippen LogP contribution is -2.39. The fourth-order valence-electron chi connectivity index (χ4n) is 4.09. The Balaban J connectivity index is 1.54. The summed E-state index contributed by atoms with van der Waals surface area (Å²) in [4.78, 5) is 9.48. The molecule has 9 nitrogen and oxygen atoms in total. The Morgan fingerprint density at radius 1 is 1.10 bits per heavy atom. The van der Waals surface area contributed by atoms with Crippen LogP contribution in [0.3, 0.4) is 0 Å². The number of methoxy groups -OCH3 is 1. The van der Waals surface area contributed by atoms with E-state index in [0.717, 1.165) is 18.2 Å². The van der Waals surface area contributed by atoms with Crippen LogP contribution in [0.25, 0.3) is 16.6 Å². The van der Waals surface area contributed by atoms with Gasteiger partial charge in [-0.25, -0.2) is 18.4 Å². The molecule has 0 amide bonds. The minimum Gasteiger partial charge on any atom is -0.494 e. The highest BCUT2D eigenvalue weighted by Gasteiger charge is 2.33. The summed E-state index contributed by atoms with van der Waals surface area (Å²) in [6.07, 6.45) is 1.53. The topological polar surface area (TPSA) is 116 Å². The maximum Gasteiger partial charge on any atom is 0.243 e. The number of aromatic nitrogens is 4. The lowest BCUT2D eigenvalue weighted by atomic mass is 9.99. The minimum atomic E-state index is -3.57. The molecular weight excluding hydrogens is 416 g/mol. The summed E-state index contributed by atoms with van der Waals surface area (Å²) in [5.74, 6) is 1.24. The van der Waals surface area contributed by atoms with Gasteiger partial charge in [-0.3, -0.25) is 0 Å². The maximum atomic E-state index is 13.1. The van der Waals surface area contributed by atoms with Crippen LogP contribution in [-0.2, 0) is 10.0 Å². The van der Waals surface area contributed by atoms with Crippen molar-refractivity contribution in [2.45, 2.75) is 23.7 Å². The average Bonchev–Trinajstić information content (AvgIpc) is 3.26. The highest BCUT2D eigenvalue weighted by molar-refractivity contribution is 7.89. The third-order valence-electron chi connectivity index (χ3n) is 5.66. The van der Waals surface area contributed by atoms with E-state index in [4.69, 9.17) is 15.5 Å². The Hall–Kier alpha value is -3.24. The highest BCUT2D eigenvalue weighted by Crippen LogP contribution is 2.32. The predicted octanol–water partition coefficient (Wildman–Crippen LogP) is 2.44. The fourth-order valence-corrected chi connectivity index (χ4v) is 5.64. The van der Waals surface area contributed by atoms with Crippen molar-refractivity contribution in [3.63, 3.8) is 0 Å². The Kier molecular flexibility index (Phi) is 4.75. The van der Waals surface area contributed by atoms with Crippen LogP contribution in [0.5, 0.6) is 5.75 Å². The van der Waals surface area contributed by atoms with Gasteiger partial charge in [0, 0.05) is 24.4 Å². The number of piperidine rings is 1. The molecule has 10 heteroatoms. The zero-order valence-corrected chi connectivity index (χ0v) is 17.8. The molecule has 3 heterocycles. The minimum absolute atomic E-state index is 0.132. The van der Waals surface area contributed by atoms with Gasteiger partial charge in [-0.1, -0.05) is 24.3 Å². The standard InChI is InChI=1S/C21H22N6O3S/c1-30-17-11-5-10-16-18(17)23-21(22)27-20(16)24-19(25-27)14-7-6-12-26(13-14)31(28,29)15-8-3-2-4-9-15/h2-5,8-11,14H,6-7,12-13H2,1H3,(H2,22,23). The molecule has 1 fully saturated rings. The van der Waals surface area contributed by atoms with E-state index in [1.54, 1.807) is 37.4 Å². The summed E-state index contributed by atoms with van der Waals surface area (Å²) < 4.78 is 34.6. The van der Waals surface area contributed by atoms with Gasteiger partial charge in [0.25, 0.3) is 0 Å². The molecule has 0 bridgehead atoms. The van der Waals surface area contributed by atoms with Gasteiger partial charge in [0.1, 0.15) is 11.3 Å².